The minimum Gasteiger partial charge on any atom is -0.481 e. The molecule has 0 spiro atoms. The van der Waals surface area contributed by atoms with Gasteiger partial charge in [0.1, 0.15) is 0 Å². The minimum atomic E-state index is -1.03. The number of carboxylic acids is 1. The first-order chi connectivity index (χ1) is 7.85. The summed E-state index contributed by atoms with van der Waals surface area (Å²) in [5.74, 6) is -0.962. The fraction of sp³-hybridized carbons (Fsp3) is 0.417. The molecular formula is C12H17NO4. The maximum absolute atomic E-state index is 10.9. The zero-order valence-corrected chi connectivity index (χ0v) is 10.4. The Morgan fingerprint density at radius 2 is 1.65 bits per heavy atom. The second-order valence-corrected chi connectivity index (χ2v) is 3.73. The topological polar surface area (TPSA) is 80.4 Å². The van der Waals surface area contributed by atoms with Gasteiger partial charge in [0.15, 0.2) is 0 Å². The highest BCUT2D eigenvalue weighted by atomic mass is 16.6. The van der Waals surface area contributed by atoms with Gasteiger partial charge in [0, 0.05) is 12.1 Å². The molecule has 94 valence electrons. The number of rotatable bonds is 3. The smallest absolute Gasteiger partial charge is 0.313 e. The van der Waals surface area contributed by atoms with Crippen LogP contribution in [0.1, 0.15) is 33.3 Å². The van der Waals surface area contributed by atoms with E-state index in [1.807, 2.05) is 13.8 Å². The molecule has 0 bridgehead atoms. The van der Waals surface area contributed by atoms with Gasteiger partial charge in [-0.2, -0.15) is 0 Å². The van der Waals surface area contributed by atoms with Crippen LogP contribution in [-0.4, -0.2) is 16.0 Å². The van der Waals surface area contributed by atoms with Crippen LogP contribution in [0, 0.1) is 10.1 Å². The number of hydrogen-bond donors (Lipinski definition) is 1. The SMILES string of the molecule is CC.CC(C)(C(=O)O)c1ccc([N+](=O)[O-])cc1. The van der Waals surface area contributed by atoms with E-state index in [0.717, 1.165) is 0 Å². The Kier molecular flexibility index (Phi) is 5.31. The first kappa shape index (κ1) is 15.1. The van der Waals surface area contributed by atoms with Crippen molar-refractivity contribution in [1.82, 2.24) is 0 Å². The molecule has 0 amide bonds. The molecule has 5 heteroatoms. The monoisotopic (exact) mass is 239 g/mol. The molecule has 0 heterocycles. The van der Waals surface area contributed by atoms with Gasteiger partial charge >= 0.3 is 5.97 Å². The number of benzene rings is 1. The first-order valence-electron chi connectivity index (χ1n) is 5.34. The third-order valence-electron chi connectivity index (χ3n) is 2.33. The van der Waals surface area contributed by atoms with Gasteiger partial charge in [0.25, 0.3) is 5.69 Å². The zero-order valence-electron chi connectivity index (χ0n) is 10.4. The summed E-state index contributed by atoms with van der Waals surface area (Å²) in [7, 11) is 0. The molecule has 0 fully saturated rings. The van der Waals surface area contributed by atoms with Gasteiger partial charge in [-0.3, -0.25) is 14.9 Å². The van der Waals surface area contributed by atoms with Crippen molar-refractivity contribution >= 4 is 11.7 Å². The number of nitro groups is 1. The molecule has 0 unspecified atom stereocenters. The summed E-state index contributed by atoms with van der Waals surface area (Å²) >= 11 is 0. The molecule has 0 aliphatic carbocycles. The van der Waals surface area contributed by atoms with Crippen molar-refractivity contribution in [2.45, 2.75) is 33.1 Å². The fourth-order valence-corrected chi connectivity index (χ4v) is 1.12. The van der Waals surface area contributed by atoms with Gasteiger partial charge in [-0.1, -0.05) is 26.0 Å². The predicted molar refractivity (Wildman–Crippen MR) is 65.1 cm³/mol. The Balaban J connectivity index is 0.00000121. The van der Waals surface area contributed by atoms with Crippen LogP contribution in [0.4, 0.5) is 5.69 Å². The molecule has 1 N–H and O–H groups in total. The summed E-state index contributed by atoms with van der Waals surface area (Å²) in [5, 5.41) is 19.3. The molecule has 0 aromatic heterocycles. The van der Waals surface area contributed by atoms with Crippen LogP contribution >= 0.6 is 0 Å². The average molecular weight is 239 g/mol. The van der Waals surface area contributed by atoms with Crippen molar-refractivity contribution in [2.24, 2.45) is 0 Å². The van der Waals surface area contributed by atoms with Gasteiger partial charge < -0.3 is 5.11 Å². The van der Waals surface area contributed by atoms with E-state index in [2.05, 4.69) is 0 Å². The van der Waals surface area contributed by atoms with E-state index in [1.54, 1.807) is 13.8 Å². The van der Waals surface area contributed by atoms with Crippen molar-refractivity contribution in [3.63, 3.8) is 0 Å². The lowest BCUT2D eigenvalue weighted by molar-refractivity contribution is -0.384. The van der Waals surface area contributed by atoms with Crippen LogP contribution in [-0.2, 0) is 10.2 Å². The molecule has 0 radical (unpaired) electrons. The normalized spacial score (nSPS) is 10.1. The quantitative estimate of drug-likeness (QED) is 0.649. The minimum absolute atomic E-state index is 0.0417. The molecule has 1 aromatic carbocycles. The Labute approximate surface area is 100 Å². The summed E-state index contributed by atoms with van der Waals surface area (Å²) in [6.45, 7) is 7.10. The molecule has 0 saturated carbocycles. The van der Waals surface area contributed by atoms with Crippen molar-refractivity contribution in [2.75, 3.05) is 0 Å². The van der Waals surface area contributed by atoms with E-state index in [4.69, 9.17) is 5.11 Å². The third-order valence-corrected chi connectivity index (χ3v) is 2.33. The van der Waals surface area contributed by atoms with Crippen LogP contribution in [0.25, 0.3) is 0 Å². The number of carbonyl (C=O) groups is 1. The fourth-order valence-electron chi connectivity index (χ4n) is 1.12. The van der Waals surface area contributed by atoms with Gasteiger partial charge in [-0.15, -0.1) is 0 Å². The van der Waals surface area contributed by atoms with Gasteiger partial charge in [0.2, 0.25) is 0 Å². The van der Waals surface area contributed by atoms with E-state index in [0.29, 0.717) is 5.56 Å². The summed E-state index contributed by atoms with van der Waals surface area (Å²) < 4.78 is 0. The first-order valence-corrected chi connectivity index (χ1v) is 5.34. The maximum Gasteiger partial charge on any atom is 0.313 e. The van der Waals surface area contributed by atoms with Gasteiger partial charge in [-0.05, 0) is 19.4 Å². The number of nitro benzene ring substituents is 1. The number of aliphatic carboxylic acids is 1. The molecule has 17 heavy (non-hydrogen) atoms. The van der Waals surface area contributed by atoms with Crippen LogP contribution in [0.3, 0.4) is 0 Å². The number of non-ortho nitro benzene ring substituents is 1. The molecular weight excluding hydrogens is 222 g/mol. The molecule has 0 saturated heterocycles. The summed E-state index contributed by atoms with van der Waals surface area (Å²) in [5.41, 5.74) is -0.532. The number of carboxylic acid groups (broad SMARTS) is 1. The zero-order chi connectivity index (χ0) is 13.6. The van der Waals surface area contributed by atoms with E-state index in [-0.39, 0.29) is 5.69 Å². The highest BCUT2D eigenvalue weighted by Gasteiger charge is 2.29. The Morgan fingerprint density at radius 1 is 1.24 bits per heavy atom. The Bertz CT molecular complexity index is 395. The summed E-state index contributed by atoms with van der Waals surface area (Å²) in [6.07, 6.45) is 0. The number of nitrogens with zero attached hydrogens (tertiary/aromatic N) is 1. The van der Waals surface area contributed by atoms with Gasteiger partial charge in [0.05, 0.1) is 10.3 Å². The molecule has 1 rings (SSSR count). The molecule has 0 aliphatic heterocycles. The molecule has 5 nitrogen and oxygen atoms in total. The Morgan fingerprint density at radius 3 is 1.94 bits per heavy atom. The van der Waals surface area contributed by atoms with E-state index < -0.39 is 16.3 Å². The molecule has 0 aliphatic rings. The lowest BCUT2D eigenvalue weighted by atomic mass is 9.85. The van der Waals surface area contributed by atoms with E-state index >= 15 is 0 Å². The number of hydrogen-bond acceptors (Lipinski definition) is 3. The third kappa shape index (κ3) is 3.55. The second kappa shape index (κ2) is 5.98. The molecule has 1 aromatic rings. The highest BCUT2D eigenvalue weighted by molar-refractivity contribution is 5.80. The highest BCUT2D eigenvalue weighted by Crippen LogP contribution is 2.25. The predicted octanol–water partition coefficient (Wildman–Crippen LogP) is 2.98. The Hall–Kier alpha value is -1.91. The van der Waals surface area contributed by atoms with Crippen LogP contribution < -0.4 is 0 Å². The van der Waals surface area contributed by atoms with Crippen molar-refractivity contribution in [1.29, 1.82) is 0 Å². The summed E-state index contributed by atoms with van der Waals surface area (Å²) in [6, 6.07) is 5.54. The van der Waals surface area contributed by atoms with Crippen LogP contribution in [0.15, 0.2) is 24.3 Å². The van der Waals surface area contributed by atoms with Crippen LogP contribution in [0.2, 0.25) is 0 Å². The second-order valence-electron chi connectivity index (χ2n) is 3.73. The van der Waals surface area contributed by atoms with Gasteiger partial charge in [-0.25, -0.2) is 0 Å². The van der Waals surface area contributed by atoms with Crippen molar-refractivity contribution in [3.8, 4) is 0 Å². The molecule has 0 atom stereocenters. The van der Waals surface area contributed by atoms with Crippen LogP contribution in [0.5, 0.6) is 0 Å². The standard InChI is InChI=1S/C10H11NO4.C2H6/c1-10(2,9(12)13)7-3-5-8(6-4-7)11(14)15;1-2/h3-6H,1-2H3,(H,12,13);1-2H3. The van der Waals surface area contributed by atoms with E-state index in [9.17, 15) is 14.9 Å². The lowest BCUT2D eigenvalue weighted by Crippen LogP contribution is -2.28. The average Bonchev–Trinajstić information content (AvgIpc) is 2.31. The van der Waals surface area contributed by atoms with Crippen molar-refractivity contribution < 1.29 is 14.8 Å². The largest absolute Gasteiger partial charge is 0.481 e. The maximum atomic E-state index is 10.9. The van der Waals surface area contributed by atoms with Crippen molar-refractivity contribution in [3.05, 3.63) is 39.9 Å². The lowest BCUT2D eigenvalue weighted by Gasteiger charge is -2.19. The summed E-state index contributed by atoms with van der Waals surface area (Å²) in [4.78, 5) is 20.8. The van der Waals surface area contributed by atoms with E-state index in [1.165, 1.54) is 24.3 Å².